The lowest BCUT2D eigenvalue weighted by atomic mass is 10.1. The molecule has 1 saturated carbocycles. The molecule has 0 N–H and O–H groups in total. The smallest absolute Gasteiger partial charge is 0.133 e. The zero-order chi connectivity index (χ0) is 17.2. The van der Waals surface area contributed by atoms with Gasteiger partial charge in [0.15, 0.2) is 0 Å². The molecule has 2 nitrogen and oxygen atoms in total. The molecule has 0 saturated heterocycles. The molecular weight excluding hydrogens is 396 g/mol. The normalized spacial score (nSPS) is 15.6. The Morgan fingerprint density at radius 1 is 1.12 bits per heavy atom. The molecule has 0 unspecified atom stereocenters. The van der Waals surface area contributed by atoms with Crippen molar-refractivity contribution in [3.63, 3.8) is 0 Å². The Morgan fingerprint density at radius 2 is 1.88 bits per heavy atom. The molecule has 25 heavy (non-hydrogen) atoms. The summed E-state index contributed by atoms with van der Waals surface area (Å²) in [5, 5.41) is 0.768. The van der Waals surface area contributed by atoms with Crippen LogP contribution in [0.3, 0.4) is 0 Å². The van der Waals surface area contributed by atoms with Crippen molar-refractivity contribution < 1.29 is 0 Å². The molecular formula is C21H20BrClN2. The van der Waals surface area contributed by atoms with Crippen LogP contribution in [0, 0.1) is 5.92 Å². The number of allylic oxidation sites excluding steroid dienone is 1. The van der Waals surface area contributed by atoms with Gasteiger partial charge < -0.3 is 4.57 Å². The van der Waals surface area contributed by atoms with Gasteiger partial charge >= 0.3 is 0 Å². The van der Waals surface area contributed by atoms with Gasteiger partial charge in [-0.15, -0.1) is 0 Å². The lowest BCUT2D eigenvalue weighted by molar-refractivity contribution is 0.688. The first-order valence-corrected chi connectivity index (χ1v) is 9.94. The van der Waals surface area contributed by atoms with Crippen LogP contribution < -0.4 is 0 Å². The third-order valence-electron chi connectivity index (χ3n) is 4.91. The fraction of sp³-hybridized carbons (Fsp3) is 0.286. The molecule has 1 fully saturated rings. The summed E-state index contributed by atoms with van der Waals surface area (Å²) in [5.41, 5.74) is 3.40. The standard InChI is InChI=1S/C21H20BrClN2/c22-17-8-11-20-19(13-17)24-21(12-7-15-3-1-2-4-15)25(20)14-16-5-9-18(23)10-6-16/h5-13,15H,1-4,14H2/b12-7+. The minimum absolute atomic E-state index is 0.704. The lowest BCUT2D eigenvalue weighted by Gasteiger charge is -2.08. The van der Waals surface area contributed by atoms with E-state index in [1.54, 1.807) is 0 Å². The first-order chi connectivity index (χ1) is 12.2. The third-order valence-corrected chi connectivity index (χ3v) is 5.66. The Balaban J connectivity index is 1.73. The Labute approximate surface area is 161 Å². The summed E-state index contributed by atoms with van der Waals surface area (Å²) in [7, 11) is 0. The molecule has 1 heterocycles. The van der Waals surface area contributed by atoms with Gasteiger partial charge in [0, 0.05) is 16.0 Å². The Kier molecular flexibility index (Phi) is 4.96. The van der Waals surface area contributed by atoms with Crippen LogP contribution in [0.15, 0.2) is 53.0 Å². The highest BCUT2D eigenvalue weighted by atomic mass is 79.9. The van der Waals surface area contributed by atoms with E-state index in [0.717, 1.165) is 32.9 Å². The maximum Gasteiger partial charge on any atom is 0.133 e. The molecule has 128 valence electrons. The van der Waals surface area contributed by atoms with Crippen LogP contribution in [0.5, 0.6) is 0 Å². The molecule has 0 radical (unpaired) electrons. The van der Waals surface area contributed by atoms with Gasteiger partial charge in [-0.05, 0) is 60.7 Å². The Hall–Kier alpha value is -1.58. The number of imidazole rings is 1. The highest BCUT2D eigenvalue weighted by Gasteiger charge is 2.13. The monoisotopic (exact) mass is 414 g/mol. The van der Waals surface area contributed by atoms with E-state index in [9.17, 15) is 0 Å². The van der Waals surface area contributed by atoms with Crippen LogP contribution in [0.2, 0.25) is 5.02 Å². The van der Waals surface area contributed by atoms with Crippen LogP contribution in [-0.4, -0.2) is 9.55 Å². The van der Waals surface area contributed by atoms with Gasteiger partial charge in [-0.1, -0.05) is 58.6 Å². The van der Waals surface area contributed by atoms with Crippen molar-refractivity contribution >= 4 is 44.6 Å². The number of nitrogens with zero attached hydrogens (tertiary/aromatic N) is 2. The zero-order valence-electron chi connectivity index (χ0n) is 14.0. The summed E-state index contributed by atoms with van der Waals surface area (Å²) in [4.78, 5) is 4.87. The molecule has 4 heteroatoms. The number of hydrogen-bond acceptors (Lipinski definition) is 1. The van der Waals surface area contributed by atoms with Gasteiger partial charge in [0.25, 0.3) is 0 Å². The molecule has 0 bridgehead atoms. The first kappa shape index (κ1) is 16.9. The van der Waals surface area contributed by atoms with Gasteiger partial charge in [0.1, 0.15) is 5.82 Å². The highest BCUT2D eigenvalue weighted by molar-refractivity contribution is 9.10. The van der Waals surface area contributed by atoms with Crippen molar-refractivity contribution in [2.24, 2.45) is 5.92 Å². The maximum absolute atomic E-state index is 6.02. The fourth-order valence-electron chi connectivity index (χ4n) is 3.56. The summed E-state index contributed by atoms with van der Waals surface area (Å²) in [6.07, 6.45) is 9.87. The van der Waals surface area contributed by atoms with Crippen LogP contribution in [0.1, 0.15) is 37.1 Å². The second-order valence-electron chi connectivity index (χ2n) is 6.72. The third kappa shape index (κ3) is 3.83. The molecule has 0 aliphatic heterocycles. The molecule has 1 aliphatic carbocycles. The molecule has 4 rings (SSSR count). The number of benzene rings is 2. The molecule has 0 amide bonds. The number of rotatable bonds is 4. The zero-order valence-corrected chi connectivity index (χ0v) is 16.3. The van der Waals surface area contributed by atoms with Gasteiger partial charge in [-0.2, -0.15) is 0 Å². The summed E-state index contributed by atoms with van der Waals surface area (Å²) in [6.45, 7) is 0.791. The quantitative estimate of drug-likeness (QED) is 0.463. The van der Waals surface area contributed by atoms with Crippen LogP contribution in [-0.2, 0) is 6.54 Å². The molecule has 0 spiro atoms. The van der Waals surface area contributed by atoms with E-state index in [0.29, 0.717) is 5.92 Å². The molecule has 2 aromatic carbocycles. The average molecular weight is 416 g/mol. The lowest BCUT2D eigenvalue weighted by Crippen LogP contribution is -2.02. The van der Waals surface area contributed by atoms with Crippen molar-refractivity contribution in [2.45, 2.75) is 32.2 Å². The Morgan fingerprint density at radius 3 is 2.64 bits per heavy atom. The van der Waals surface area contributed by atoms with Crippen molar-refractivity contribution in [1.82, 2.24) is 9.55 Å². The molecule has 3 aromatic rings. The summed E-state index contributed by atoms with van der Waals surface area (Å²) in [5.74, 6) is 1.73. The van der Waals surface area contributed by atoms with Crippen LogP contribution in [0.4, 0.5) is 0 Å². The SMILES string of the molecule is Clc1ccc(Cn2c(/C=C/C3CCCC3)nc3cc(Br)ccc32)cc1. The van der Waals surface area contributed by atoms with E-state index in [1.807, 2.05) is 12.1 Å². The fourth-order valence-corrected chi connectivity index (χ4v) is 4.03. The van der Waals surface area contributed by atoms with Crippen molar-refractivity contribution in [1.29, 1.82) is 0 Å². The van der Waals surface area contributed by atoms with Gasteiger partial charge in [0.2, 0.25) is 0 Å². The number of hydrogen-bond donors (Lipinski definition) is 0. The number of fused-ring (bicyclic) bond motifs is 1. The van der Waals surface area contributed by atoms with E-state index >= 15 is 0 Å². The summed E-state index contributed by atoms with van der Waals surface area (Å²) < 4.78 is 3.35. The van der Waals surface area contributed by atoms with Crippen molar-refractivity contribution in [2.75, 3.05) is 0 Å². The minimum Gasteiger partial charge on any atom is -0.320 e. The van der Waals surface area contributed by atoms with E-state index in [4.69, 9.17) is 16.6 Å². The van der Waals surface area contributed by atoms with Crippen LogP contribution in [0.25, 0.3) is 17.1 Å². The summed E-state index contributed by atoms with van der Waals surface area (Å²) >= 11 is 9.58. The minimum atomic E-state index is 0.704. The molecule has 1 aliphatic rings. The predicted octanol–water partition coefficient (Wildman–Crippen LogP) is 6.70. The largest absolute Gasteiger partial charge is 0.320 e. The Bertz CT molecular complexity index is 906. The molecule has 0 atom stereocenters. The van der Waals surface area contributed by atoms with Crippen LogP contribution >= 0.6 is 27.5 Å². The van der Waals surface area contributed by atoms with E-state index in [1.165, 1.54) is 31.2 Å². The van der Waals surface area contributed by atoms with E-state index in [2.05, 4.69) is 63.0 Å². The molecule has 1 aromatic heterocycles. The number of halogens is 2. The second kappa shape index (κ2) is 7.35. The second-order valence-corrected chi connectivity index (χ2v) is 8.07. The topological polar surface area (TPSA) is 17.8 Å². The van der Waals surface area contributed by atoms with Gasteiger partial charge in [-0.3, -0.25) is 0 Å². The van der Waals surface area contributed by atoms with Crippen molar-refractivity contribution in [3.8, 4) is 0 Å². The summed E-state index contributed by atoms with van der Waals surface area (Å²) in [6, 6.07) is 14.3. The first-order valence-electron chi connectivity index (χ1n) is 8.77. The van der Waals surface area contributed by atoms with Gasteiger partial charge in [-0.25, -0.2) is 4.98 Å². The van der Waals surface area contributed by atoms with E-state index < -0.39 is 0 Å². The van der Waals surface area contributed by atoms with E-state index in [-0.39, 0.29) is 0 Å². The van der Waals surface area contributed by atoms with Crippen molar-refractivity contribution in [3.05, 3.63) is 69.4 Å². The maximum atomic E-state index is 6.02. The number of aromatic nitrogens is 2. The highest BCUT2D eigenvalue weighted by Crippen LogP contribution is 2.28. The average Bonchev–Trinajstić information content (AvgIpc) is 3.23. The predicted molar refractivity (Wildman–Crippen MR) is 109 cm³/mol. The van der Waals surface area contributed by atoms with Gasteiger partial charge in [0.05, 0.1) is 11.0 Å².